The van der Waals surface area contributed by atoms with Crippen LogP contribution in [-0.4, -0.2) is 146 Å². The van der Waals surface area contributed by atoms with Crippen molar-refractivity contribution in [3.05, 3.63) is 0 Å². The lowest BCUT2D eigenvalue weighted by atomic mass is 10.8. The second-order valence-electron chi connectivity index (χ2n) is 10.5. The van der Waals surface area contributed by atoms with Crippen LogP contribution in [-0.2, 0) is 29.1 Å². The van der Waals surface area contributed by atoms with Gasteiger partial charge in [0.05, 0.1) is 0 Å². The predicted molar refractivity (Wildman–Crippen MR) is 103 cm³/mol. The summed E-state index contributed by atoms with van der Waals surface area (Å²) in [4.78, 5) is 36.1. The molecule has 0 radical (unpaired) electrons. The van der Waals surface area contributed by atoms with Crippen LogP contribution in [0.3, 0.4) is 0 Å². The number of hydrogen-bond donors (Lipinski definition) is 0. The van der Waals surface area contributed by atoms with E-state index < -0.39 is 0 Å². The van der Waals surface area contributed by atoms with Crippen molar-refractivity contribution in [3.63, 3.8) is 0 Å². The lowest BCUT2D eigenvalue weighted by Crippen LogP contribution is -2.58. The van der Waals surface area contributed by atoms with E-state index in [0.29, 0.717) is 26.9 Å². The highest BCUT2D eigenvalue weighted by atomic mass is 17.1. The second-order valence-corrected chi connectivity index (χ2v) is 10.5. The van der Waals surface area contributed by atoms with E-state index in [1.165, 1.54) is 0 Å². The van der Waals surface area contributed by atoms with E-state index in [1.54, 1.807) is 0 Å². The summed E-state index contributed by atoms with van der Waals surface area (Å²) in [6.45, 7) is 1.58. The Morgan fingerprint density at radius 3 is 0.897 bits per heavy atom. The Labute approximate surface area is 176 Å². The van der Waals surface area contributed by atoms with Gasteiger partial charge in [0.25, 0.3) is 33.7 Å². The molecule has 1 fully saturated rings. The third-order valence-electron chi connectivity index (χ3n) is 3.97. The maximum Gasteiger partial charge on any atom is 0.269 e. The van der Waals surface area contributed by atoms with Gasteiger partial charge in [0.15, 0.2) is 0 Å². The number of rotatable bonds is 0. The van der Waals surface area contributed by atoms with Crippen molar-refractivity contribution in [1.82, 2.24) is 0 Å². The summed E-state index contributed by atoms with van der Waals surface area (Å²) in [5.41, 5.74) is 0. The Morgan fingerprint density at radius 2 is 0.586 bits per heavy atom. The van der Waals surface area contributed by atoms with Crippen LogP contribution in [0.1, 0.15) is 0 Å². The van der Waals surface area contributed by atoms with Gasteiger partial charge in [-0.1, -0.05) is 4.84 Å². The molecule has 0 aromatic rings. The quantitative estimate of drug-likeness (QED) is 0.494. The van der Waals surface area contributed by atoms with Gasteiger partial charge in [-0.2, -0.15) is 18.6 Å². The van der Waals surface area contributed by atoms with Gasteiger partial charge in [0, 0.05) is 9.75 Å². The van der Waals surface area contributed by atoms with Crippen molar-refractivity contribution >= 4 is 0 Å². The first-order valence-corrected chi connectivity index (χ1v) is 9.67. The number of hydroxylamine groups is 19. The molecule has 0 amide bonds. The van der Waals surface area contributed by atoms with E-state index in [0.717, 1.165) is 0 Å². The fraction of sp³-hybridized carbons (Fsp3) is 1.00. The second kappa shape index (κ2) is 8.94. The lowest BCUT2D eigenvalue weighted by molar-refractivity contribution is -1.41. The summed E-state index contributed by atoms with van der Waals surface area (Å²) in [6, 6.07) is 0. The molecule has 1 heterocycles. The van der Waals surface area contributed by atoms with Crippen molar-refractivity contribution in [1.29, 1.82) is 0 Å². The Kier molecular flexibility index (Phi) is 8.19. The molecule has 0 bridgehead atoms. The van der Waals surface area contributed by atoms with Crippen LogP contribution in [0.25, 0.3) is 0 Å². The van der Waals surface area contributed by atoms with Crippen LogP contribution >= 0.6 is 0 Å². The van der Waals surface area contributed by atoms with E-state index in [2.05, 4.69) is 0 Å². The fourth-order valence-electron chi connectivity index (χ4n) is 2.19. The Bertz CT molecular complexity index is 493. The molecule has 0 aromatic heterocycles. The van der Waals surface area contributed by atoms with Crippen molar-refractivity contribution < 1.29 is 57.2 Å². The normalized spacial score (nSPS) is 30.2. The number of nitrogens with zero attached hydrogens (tertiary/aromatic N) is 6. The first-order chi connectivity index (χ1) is 12.7. The molecule has 1 aliphatic rings. The molecule has 0 atom stereocenters. The summed E-state index contributed by atoms with van der Waals surface area (Å²) < 4.78 is 0.937. The van der Waals surface area contributed by atoms with E-state index in [4.69, 9.17) is 29.1 Å². The molecule has 0 aromatic carbocycles. The first kappa shape index (κ1) is 26.6. The van der Waals surface area contributed by atoms with Gasteiger partial charge < -0.3 is 0 Å². The Morgan fingerprint density at radius 1 is 0.345 bits per heavy atom. The molecule has 29 heavy (non-hydrogen) atoms. The SMILES string of the molecule is C[N+]1(C)CO[N+](C)(C)CO[N+](C)(C)CO[N+](C)(C)O[N+](C)(C)CO[N+](C)(C)CO1. The lowest BCUT2D eigenvalue weighted by Gasteiger charge is -2.34. The third kappa shape index (κ3) is 10.9. The molecule has 1 rings (SSSR count). The van der Waals surface area contributed by atoms with Gasteiger partial charge in [0.1, 0.15) is 84.6 Å². The first-order valence-electron chi connectivity index (χ1n) is 9.67. The Balaban J connectivity index is 3.01. The molecule has 0 saturated carbocycles. The number of hydrogen-bond acceptors (Lipinski definition) is 6. The highest BCUT2D eigenvalue weighted by Crippen LogP contribution is 2.16. The summed E-state index contributed by atoms with van der Waals surface area (Å²) in [5.74, 6) is 0. The minimum atomic E-state index is -0.121. The monoisotopic (exact) mass is 430 g/mol. The molecule has 1 saturated heterocycles. The largest absolute Gasteiger partial charge is 0.269 e. The van der Waals surface area contributed by atoms with Crippen LogP contribution < -0.4 is 0 Å². The van der Waals surface area contributed by atoms with Gasteiger partial charge in [0.2, 0.25) is 0 Å². The minimum absolute atomic E-state index is 0.121. The van der Waals surface area contributed by atoms with Gasteiger partial charge >= 0.3 is 0 Å². The van der Waals surface area contributed by atoms with E-state index in [1.807, 2.05) is 84.6 Å². The van der Waals surface area contributed by atoms with Gasteiger partial charge in [-0.3, -0.25) is 0 Å². The van der Waals surface area contributed by atoms with Crippen molar-refractivity contribution in [2.45, 2.75) is 0 Å². The summed E-state index contributed by atoms with van der Waals surface area (Å²) in [7, 11) is 22.9. The standard InChI is InChI=1S/C17H46N6O6/c1-18(2)13-24-19(3,4)14-26-21(7,8)16-28-23(11,12)29-22(9,10)17-27-20(5,6)15-25-18/h13-17H2,1-12H3/q+6. The van der Waals surface area contributed by atoms with Crippen LogP contribution in [0.4, 0.5) is 0 Å². The molecule has 0 N–H and O–H groups in total. The predicted octanol–water partition coefficient (Wildman–Crippen LogP) is -0.249. The van der Waals surface area contributed by atoms with Gasteiger partial charge in [-0.15, -0.1) is 24.0 Å². The van der Waals surface area contributed by atoms with Gasteiger partial charge in [-0.05, 0) is 0 Å². The van der Waals surface area contributed by atoms with Crippen molar-refractivity contribution in [2.24, 2.45) is 0 Å². The maximum absolute atomic E-state index is 6.10. The fourth-order valence-corrected chi connectivity index (χ4v) is 2.19. The summed E-state index contributed by atoms with van der Waals surface area (Å²) >= 11 is 0. The maximum atomic E-state index is 6.10. The van der Waals surface area contributed by atoms with Crippen LogP contribution in [0, 0.1) is 0 Å². The highest BCUT2D eigenvalue weighted by molar-refractivity contribution is 4.05. The molecule has 174 valence electrons. The number of quaternary nitrogens is 6. The molecule has 0 aliphatic carbocycles. The minimum Gasteiger partial charge on any atom is -0.151 e. The highest BCUT2D eigenvalue weighted by Gasteiger charge is 2.39. The Hall–Kier alpha value is -0.480. The molecular formula is C17H46N6O6+6. The molecule has 12 heteroatoms. The van der Waals surface area contributed by atoms with E-state index >= 15 is 0 Å². The van der Waals surface area contributed by atoms with Gasteiger partial charge in [-0.25, -0.2) is 0 Å². The molecule has 0 spiro atoms. The topological polar surface area (TPSA) is 55.4 Å². The molecule has 12 nitrogen and oxygen atoms in total. The summed E-state index contributed by atoms with van der Waals surface area (Å²) in [6.07, 6.45) is 0. The van der Waals surface area contributed by atoms with Crippen LogP contribution in [0.5, 0.6) is 0 Å². The zero-order valence-corrected chi connectivity index (χ0v) is 20.7. The van der Waals surface area contributed by atoms with Crippen LogP contribution in [0.15, 0.2) is 0 Å². The zero-order valence-electron chi connectivity index (χ0n) is 20.7. The molecule has 1 aliphatic heterocycles. The van der Waals surface area contributed by atoms with E-state index in [9.17, 15) is 0 Å². The average Bonchev–Trinajstić information content (AvgIpc) is 2.53. The van der Waals surface area contributed by atoms with E-state index in [-0.39, 0.29) is 34.8 Å². The zero-order chi connectivity index (χ0) is 22.8. The molecule has 0 unspecified atom stereocenters. The smallest absolute Gasteiger partial charge is 0.151 e. The molecular weight excluding hydrogens is 384 g/mol. The third-order valence-corrected chi connectivity index (χ3v) is 3.97. The van der Waals surface area contributed by atoms with Crippen molar-refractivity contribution in [3.8, 4) is 0 Å². The summed E-state index contributed by atoms with van der Waals surface area (Å²) in [5, 5.41) is 0. The van der Waals surface area contributed by atoms with Crippen molar-refractivity contribution in [2.75, 3.05) is 118 Å². The average molecular weight is 431 g/mol. The van der Waals surface area contributed by atoms with Crippen LogP contribution in [0.2, 0.25) is 0 Å².